The molecule has 8 aromatic rings. The van der Waals surface area contributed by atoms with Crippen molar-refractivity contribution in [3.8, 4) is 39.3 Å². The van der Waals surface area contributed by atoms with E-state index in [-0.39, 0.29) is 27.3 Å². The Morgan fingerprint density at radius 2 is 0.977 bits per heavy atom. The Balaban J connectivity index is 1.52. The number of para-hydroxylation sites is 2. The van der Waals surface area contributed by atoms with Gasteiger partial charge in [0.1, 0.15) is 44.9 Å². The second-order valence-electron chi connectivity index (χ2n) is 11.3. The summed E-state index contributed by atoms with van der Waals surface area (Å²) in [6, 6.07) is 33.5. The van der Waals surface area contributed by atoms with Gasteiger partial charge in [-0.05, 0) is 62.9 Å². The maximum Gasteiger partial charge on any atom is 0.164 e. The topological polar surface area (TPSA) is 30.7 Å². The van der Waals surface area contributed by atoms with Gasteiger partial charge in [0, 0.05) is 10.8 Å². The maximum atomic E-state index is 6.64. The minimum absolute atomic E-state index is 0.153. The predicted molar refractivity (Wildman–Crippen MR) is 188 cm³/mol. The number of nitrogens with zero attached hydrogens (tertiary/aromatic N) is 3. The Morgan fingerprint density at radius 3 is 1.68 bits per heavy atom. The highest BCUT2D eigenvalue weighted by Gasteiger charge is 2.27. The Bertz CT molecular complexity index is 2540. The average molecular weight is 545 g/mol. The minimum Gasteiger partial charge on any atom is -0.292 e. The van der Waals surface area contributed by atoms with Gasteiger partial charge in [-0.1, -0.05) is 83.7 Å². The van der Waals surface area contributed by atoms with Gasteiger partial charge in [0.15, 0.2) is 5.82 Å². The van der Waals surface area contributed by atoms with Crippen LogP contribution in [0.2, 0.25) is 0 Å². The summed E-state index contributed by atoms with van der Waals surface area (Å²) in [4.78, 5) is 10.3. The summed E-state index contributed by atoms with van der Waals surface area (Å²) in [5.74, 6) is 0.563. The van der Waals surface area contributed by atoms with Crippen molar-refractivity contribution in [3.63, 3.8) is 0 Å². The zero-order valence-corrected chi connectivity index (χ0v) is 23.5. The van der Waals surface area contributed by atoms with E-state index in [1.807, 2.05) is 24.3 Å². The minimum atomic E-state index is 0.153. The van der Waals surface area contributed by atoms with Crippen molar-refractivity contribution in [2.24, 2.45) is 0 Å². The fourth-order valence-electron chi connectivity index (χ4n) is 6.98. The Hall–Kier alpha value is -4.96. The molecule has 0 spiro atoms. The highest BCUT2D eigenvalue weighted by molar-refractivity contribution is 6.68. The van der Waals surface area contributed by atoms with Crippen LogP contribution in [0.1, 0.15) is 0 Å². The Labute approximate surface area is 260 Å². The molecular formula is C36H16B5N3. The normalized spacial score (nSPS) is 12.1. The molecule has 0 bridgehead atoms. The van der Waals surface area contributed by atoms with Crippen molar-refractivity contribution >= 4 is 110 Å². The second-order valence-corrected chi connectivity index (χ2v) is 11.3. The lowest BCUT2D eigenvalue weighted by atomic mass is 9.60. The standard InChI is InChI=1S/C36H16B5N3/c37-30-29(31(38)33(40)34(41)32(30)39)35-36(43-23-13-4-3-12-22(23)42-35)44-24-14-6-11-21-19-9-2-1-8-18(19)20-10-5-7-17-15-16-25(44)28(26(17)20)27(21)24/h1-16H. The van der Waals surface area contributed by atoms with Crippen LogP contribution in [0.25, 0.3) is 82.9 Å². The summed E-state index contributed by atoms with van der Waals surface area (Å²) in [6.07, 6.45) is 0. The lowest BCUT2D eigenvalue weighted by molar-refractivity contribution is 1.08. The monoisotopic (exact) mass is 545 g/mol. The van der Waals surface area contributed by atoms with Crippen LogP contribution in [0.5, 0.6) is 0 Å². The zero-order chi connectivity index (χ0) is 29.9. The molecule has 6 aromatic carbocycles. The number of benzene rings is 6. The predicted octanol–water partition coefficient (Wildman–Crippen LogP) is 3.16. The number of rotatable bonds is 2. The van der Waals surface area contributed by atoms with Crippen LogP contribution >= 0.6 is 0 Å². The molecule has 0 fully saturated rings. The molecule has 0 saturated heterocycles. The van der Waals surface area contributed by atoms with E-state index in [1.54, 1.807) is 0 Å². The fourth-order valence-corrected chi connectivity index (χ4v) is 6.98. The zero-order valence-electron chi connectivity index (χ0n) is 23.5. The highest BCUT2D eigenvalue weighted by atomic mass is 15.1. The van der Waals surface area contributed by atoms with Crippen LogP contribution in [0.3, 0.4) is 0 Å². The van der Waals surface area contributed by atoms with Crippen LogP contribution in [0.15, 0.2) is 97.1 Å². The third kappa shape index (κ3) is 3.23. The van der Waals surface area contributed by atoms with E-state index in [0.29, 0.717) is 22.6 Å². The molecule has 2 aromatic heterocycles. The molecule has 9 rings (SSSR count). The summed E-state index contributed by atoms with van der Waals surface area (Å²) in [5.41, 5.74) is 9.89. The Morgan fingerprint density at radius 1 is 0.432 bits per heavy atom. The first kappa shape index (κ1) is 25.5. The molecule has 0 unspecified atom stereocenters. The van der Waals surface area contributed by atoms with E-state index >= 15 is 0 Å². The SMILES string of the molecule is [B]c1c([B])c([B])c(-c2nc3ccccc3nc2-n2c3cccc4c3c3c5c(cccc5ccc32)-c2ccccc2-4)c([B])c1[B]. The largest absolute Gasteiger partial charge is 0.292 e. The maximum absolute atomic E-state index is 6.64. The van der Waals surface area contributed by atoms with E-state index in [0.717, 1.165) is 38.3 Å². The molecule has 0 N–H and O–H groups in total. The van der Waals surface area contributed by atoms with Crippen molar-refractivity contribution in [2.75, 3.05) is 0 Å². The van der Waals surface area contributed by atoms with Crippen molar-refractivity contribution in [1.82, 2.24) is 14.5 Å². The third-order valence-electron chi connectivity index (χ3n) is 9.01. The number of hydrogen-bond acceptors (Lipinski definition) is 2. The molecule has 0 amide bonds. The lowest BCUT2D eigenvalue weighted by Gasteiger charge is -2.23. The van der Waals surface area contributed by atoms with E-state index in [4.69, 9.17) is 49.2 Å². The first-order chi connectivity index (χ1) is 21.4. The first-order valence-corrected chi connectivity index (χ1v) is 14.3. The average Bonchev–Trinajstić information content (AvgIpc) is 3.34. The van der Waals surface area contributed by atoms with Crippen LogP contribution in [0.4, 0.5) is 0 Å². The van der Waals surface area contributed by atoms with E-state index in [9.17, 15) is 0 Å². The fraction of sp³-hybridized carbons (Fsp3) is 0. The van der Waals surface area contributed by atoms with Gasteiger partial charge in [-0.3, -0.25) is 4.57 Å². The van der Waals surface area contributed by atoms with E-state index in [1.165, 1.54) is 22.1 Å². The molecule has 8 heteroatoms. The van der Waals surface area contributed by atoms with Crippen molar-refractivity contribution in [3.05, 3.63) is 97.1 Å². The van der Waals surface area contributed by atoms with Crippen molar-refractivity contribution < 1.29 is 0 Å². The molecule has 190 valence electrons. The first-order valence-electron chi connectivity index (χ1n) is 14.3. The highest BCUT2D eigenvalue weighted by Crippen LogP contribution is 2.49. The van der Waals surface area contributed by atoms with E-state index in [2.05, 4.69) is 77.4 Å². The van der Waals surface area contributed by atoms with Crippen LogP contribution < -0.4 is 27.3 Å². The molecule has 0 aliphatic heterocycles. The van der Waals surface area contributed by atoms with Gasteiger partial charge in [0.2, 0.25) is 0 Å². The molecular weight excluding hydrogens is 528 g/mol. The second kappa shape index (κ2) is 9.03. The summed E-state index contributed by atoms with van der Waals surface area (Å²) in [7, 11) is 32.2. The lowest BCUT2D eigenvalue weighted by Crippen LogP contribution is -2.55. The molecule has 10 radical (unpaired) electrons. The quantitative estimate of drug-likeness (QED) is 0.313. The van der Waals surface area contributed by atoms with Gasteiger partial charge in [-0.2, -0.15) is 0 Å². The molecule has 2 heterocycles. The van der Waals surface area contributed by atoms with Crippen LogP contribution in [-0.4, -0.2) is 53.8 Å². The molecule has 0 saturated carbocycles. The summed E-state index contributed by atoms with van der Waals surface area (Å²) >= 11 is 0. The smallest absolute Gasteiger partial charge is 0.164 e. The summed E-state index contributed by atoms with van der Waals surface area (Å²) < 4.78 is 2.16. The molecule has 0 atom stereocenters. The number of fused-ring (bicyclic) bond motifs is 4. The van der Waals surface area contributed by atoms with Gasteiger partial charge >= 0.3 is 0 Å². The molecule has 3 nitrogen and oxygen atoms in total. The van der Waals surface area contributed by atoms with Crippen LogP contribution in [-0.2, 0) is 0 Å². The molecule has 44 heavy (non-hydrogen) atoms. The van der Waals surface area contributed by atoms with E-state index < -0.39 is 0 Å². The van der Waals surface area contributed by atoms with Gasteiger partial charge in [0.25, 0.3) is 0 Å². The molecule has 1 aliphatic carbocycles. The van der Waals surface area contributed by atoms with Gasteiger partial charge < -0.3 is 0 Å². The van der Waals surface area contributed by atoms with Gasteiger partial charge in [0.05, 0.1) is 22.1 Å². The third-order valence-corrected chi connectivity index (χ3v) is 9.01. The van der Waals surface area contributed by atoms with Gasteiger partial charge in [-0.25, -0.2) is 9.97 Å². The Kier molecular flexibility index (Phi) is 5.24. The number of hydrogen-bond donors (Lipinski definition) is 0. The summed E-state index contributed by atoms with van der Waals surface area (Å²) in [6.45, 7) is 0. The van der Waals surface area contributed by atoms with Crippen molar-refractivity contribution in [1.29, 1.82) is 0 Å². The van der Waals surface area contributed by atoms with Crippen molar-refractivity contribution in [2.45, 2.75) is 0 Å². The van der Waals surface area contributed by atoms with Crippen LogP contribution in [0, 0.1) is 0 Å². The van der Waals surface area contributed by atoms with Gasteiger partial charge in [-0.15, -0.1) is 16.4 Å². The number of aromatic nitrogens is 3. The summed E-state index contributed by atoms with van der Waals surface area (Å²) in [5, 5.41) is 4.65. The molecule has 1 aliphatic rings.